The molecule has 0 atom stereocenters. The number of benzene rings is 10. The van der Waals surface area contributed by atoms with E-state index in [1.54, 1.807) is 0 Å². The molecule has 0 saturated carbocycles. The fraction of sp³-hybridized carbons (Fsp3) is 0.0526. The van der Waals surface area contributed by atoms with E-state index in [-0.39, 0.29) is 5.41 Å². The van der Waals surface area contributed by atoms with E-state index < -0.39 is 0 Å². The van der Waals surface area contributed by atoms with Crippen LogP contribution in [0.25, 0.3) is 99.1 Å². The smallest absolute Gasteiger partial charge is 0.0159 e. The van der Waals surface area contributed by atoms with Gasteiger partial charge in [-0.3, -0.25) is 0 Å². The third kappa shape index (κ3) is 5.29. The predicted molar refractivity (Wildman–Crippen MR) is 244 cm³/mol. The van der Waals surface area contributed by atoms with E-state index in [2.05, 4.69) is 220 Å². The lowest BCUT2D eigenvalue weighted by molar-refractivity contribution is 0.661. The second-order valence-corrected chi connectivity index (χ2v) is 16.0. The van der Waals surface area contributed by atoms with Gasteiger partial charge in [-0.2, -0.15) is 0 Å². The van der Waals surface area contributed by atoms with Gasteiger partial charge in [-0.25, -0.2) is 0 Å². The van der Waals surface area contributed by atoms with Crippen LogP contribution in [0.4, 0.5) is 0 Å². The number of rotatable bonds is 5. The van der Waals surface area contributed by atoms with Gasteiger partial charge in [0.15, 0.2) is 0 Å². The Morgan fingerprint density at radius 2 is 0.684 bits per heavy atom. The summed E-state index contributed by atoms with van der Waals surface area (Å²) in [5, 5.41) is 7.68. The molecule has 1 aliphatic carbocycles. The Labute approximate surface area is 334 Å². The lowest BCUT2D eigenvalue weighted by atomic mass is 9.80. The molecule has 0 N–H and O–H groups in total. The summed E-state index contributed by atoms with van der Waals surface area (Å²) in [6.07, 6.45) is 0. The fourth-order valence-electron chi connectivity index (χ4n) is 9.69. The molecular formula is C57H40. The van der Waals surface area contributed by atoms with Gasteiger partial charge in [-0.1, -0.05) is 208 Å². The lowest BCUT2D eigenvalue weighted by Crippen LogP contribution is -2.15. The molecule has 10 aromatic carbocycles. The number of hydrogen-bond donors (Lipinski definition) is 0. The maximum absolute atomic E-state index is 2.44. The summed E-state index contributed by atoms with van der Waals surface area (Å²) in [4.78, 5) is 0. The average Bonchev–Trinajstić information content (AvgIpc) is 3.51. The Hall–Kier alpha value is -7.02. The van der Waals surface area contributed by atoms with Gasteiger partial charge in [0.05, 0.1) is 0 Å². The second-order valence-electron chi connectivity index (χ2n) is 16.0. The van der Waals surface area contributed by atoms with E-state index in [9.17, 15) is 0 Å². The third-order valence-electron chi connectivity index (χ3n) is 12.5. The van der Waals surface area contributed by atoms with Crippen LogP contribution >= 0.6 is 0 Å². The summed E-state index contributed by atoms with van der Waals surface area (Å²) in [6, 6.07) is 76.3. The highest BCUT2D eigenvalue weighted by Crippen LogP contribution is 2.54. The zero-order valence-electron chi connectivity index (χ0n) is 32.1. The monoisotopic (exact) mass is 724 g/mol. The van der Waals surface area contributed by atoms with Crippen LogP contribution < -0.4 is 0 Å². The predicted octanol–water partition coefficient (Wildman–Crippen LogP) is 15.8. The van der Waals surface area contributed by atoms with Gasteiger partial charge in [0.2, 0.25) is 0 Å². The van der Waals surface area contributed by atoms with Crippen molar-refractivity contribution in [1.82, 2.24) is 0 Å². The first-order valence-electron chi connectivity index (χ1n) is 20.0. The molecule has 1 aliphatic rings. The van der Waals surface area contributed by atoms with Crippen LogP contribution in [-0.2, 0) is 5.41 Å². The van der Waals surface area contributed by atoms with Gasteiger partial charge in [0, 0.05) is 5.41 Å². The quantitative estimate of drug-likeness (QED) is 0.155. The zero-order chi connectivity index (χ0) is 38.1. The highest BCUT2D eigenvalue weighted by atomic mass is 14.4. The molecule has 0 aromatic heterocycles. The first-order chi connectivity index (χ1) is 28.0. The van der Waals surface area contributed by atoms with Crippen LogP contribution in [0.15, 0.2) is 206 Å². The molecule has 57 heavy (non-hydrogen) atoms. The van der Waals surface area contributed by atoms with Gasteiger partial charge < -0.3 is 0 Å². The molecular weight excluding hydrogens is 685 g/mol. The lowest BCUT2D eigenvalue weighted by Gasteiger charge is -2.23. The van der Waals surface area contributed by atoms with Gasteiger partial charge >= 0.3 is 0 Å². The Balaban J connectivity index is 1.08. The van der Waals surface area contributed by atoms with Crippen LogP contribution in [0.1, 0.15) is 25.0 Å². The molecule has 0 spiro atoms. The zero-order valence-corrected chi connectivity index (χ0v) is 32.1. The van der Waals surface area contributed by atoms with Crippen LogP contribution in [0.3, 0.4) is 0 Å². The molecule has 10 aromatic rings. The molecule has 0 fully saturated rings. The van der Waals surface area contributed by atoms with Gasteiger partial charge in [0.1, 0.15) is 0 Å². The Kier molecular flexibility index (Phi) is 7.63. The molecule has 0 saturated heterocycles. The number of fused-ring (bicyclic) bond motifs is 7. The summed E-state index contributed by atoms with van der Waals surface area (Å²) in [6.45, 7) is 4.78. The molecule has 0 aliphatic heterocycles. The topological polar surface area (TPSA) is 0 Å². The van der Waals surface area contributed by atoms with Crippen molar-refractivity contribution in [1.29, 1.82) is 0 Å². The van der Waals surface area contributed by atoms with E-state index in [0.717, 1.165) is 0 Å². The molecule has 0 amide bonds. The maximum atomic E-state index is 2.44. The van der Waals surface area contributed by atoms with Crippen molar-refractivity contribution in [3.8, 4) is 66.8 Å². The van der Waals surface area contributed by atoms with Crippen LogP contribution in [0.5, 0.6) is 0 Å². The van der Waals surface area contributed by atoms with Gasteiger partial charge in [-0.15, -0.1) is 0 Å². The minimum atomic E-state index is -0.135. The molecule has 0 bridgehead atoms. The summed E-state index contributed by atoms with van der Waals surface area (Å²) >= 11 is 0. The van der Waals surface area contributed by atoms with Crippen LogP contribution in [0, 0.1) is 0 Å². The third-order valence-corrected chi connectivity index (χ3v) is 12.5. The van der Waals surface area contributed by atoms with Crippen LogP contribution in [-0.4, -0.2) is 0 Å². The van der Waals surface area contributed by atoms with Crippen molar-refractivity contribution in [2.24, 2.45) is 0 Å². The molecule has 0 heterocycles. The normalized spacial score (nSPS) is 12.9. The molecule has 0 nitrogen and oxygen atoms in total. The van der Waals surface area contributed by atoms with Gasteiger partial charge in [0.25, 0.3) is 0 Å². The minimum Gasteiger partial charge on any atom is -0.0622 e. The average molecular weight is 725 g/mol. The van der Waals surface area contributed by atoms with E-state index in [0.29, 0.717) is 0 Å². The standard InChI is InChI=1S/C57H40/c1-57(2)52-34-33-44-45(25-14-26-46(44)56(52)51-32-31-42(36-53(51)57)40-29-27-39(28-30-40)37-15-5-3-6-16-37)55-49-23-11-9-21-47(49)54(48-22-10-12-24-50(48)55)43-20-13-19-41(35-43)38-17-7-4-8-18-38/h3-36H,1-2H3. The number of hydrogen-bond acceptors (Lipinski definition) is 0. The van der Waals surface area contributed by atoms with Crippen molar-refractivity contribution in [2.45, 2.75) is 19.3 Å². The SMILES string of the molecule is CC1(C)c2cc(-c3ccc(-c4ccccc4)cc3)ccc2-c2c1ccc1c(-c3c4ccccc4c(-c4cccc(-c5ccccc5)c4)c4ccccc34)cccc21. The van der Waals surface area contributed by atoms with E-state index in [4.69, 9.17) is 0 Å². The molecule has 268 valence electrons. The van der Waals surface area contributed by atoms with Crippen molar-refractivity contribution in [3.05, 3.63) is 217 Å². The second kappa shape index (κ2) is 13.0. The molecule has 0 unspecified atom stereocenters. The first kappa shape index (κ1) is 33.3. The van der Waals surface area contributed by atoms with E-state index in [1.807, 2.05) is 0 Å². The van der Waals surface area contributed by atoms with Crippen molar-refractivity contribution in [3.63, 3.8) is 0 Å². The van der Waals surface area contributed by atoms with Crippen LogP contribution in [0.2, 0.25) is 0 Å². The summed E-state index contributed by atoms with van der Waals surface area (Å²) in [7, 11) is 0. The molecule has 0 radical (unpaired) electrons. The first-order valence-corrected chi connectivity index (χ1v) is 20.0. The van der Waals surface area contributed by atoms with Crippen molar-refractivity contribution in [2.75, 3.05) is 0 Å². The highest BCUT2D eigenvalue weighted by molar-refractivity contribution is 6.24. The largest absolute Gasteiger partial charge is 0.0622 e. The molecule has 11 rings (SSSR count). The Morgan fingerprint density at radius 1 is 0.246 bits per heavy atom. The Bertz CT molecular complexity index is 3110. The summed E-state index contributed by atoms with van der Waals surface area (Å²) < 4.78 is 0. The van der Waals surface area contributed by atoms with Crippen molar-refractivity contribution < 1.29 is 0 Å². The van der Waals surface area contributed by atoms with E-state index in [1.165, 1.54) is 110 Å². The maximum Gasteiger partial charge on any atom is 0.0159 e. The van der Waals surface area contributed by atoms with E-state index >= 15 is 0 Å². The summed E-state index contributed by atoms with van der Waals surface area (Å²) in [5.74, 6) is 0. The van der Waals surface area contributed by atoms with Gasteiger partial charge in [-0.05, 0) is 122 Å². The summed E-state index contributed by atoms with van der Waals surface area (Å²) in [5.41, 5.74) is 17.9. The molecule has 0 heteroatoms. The fourth-order valence-corrected chi connectivity index (χ4v) is 9.69. The van der Waals surface area contributed by atoms with Crippen molar-refractivity contribution >= 4 is 32.3 Å². The highest BCUT2D eigenvalue weighted by Gasteiger charge is 2.37. The minimum absolute atomic E-state index is 0.135. The Morgan fingerprint density at radius 3 is 1.33 bits per heavy atom.